The summed E-state index contributed by atoms with van der Waals surface area (Å²) in [5.74, 6) is -0.412. The van der Waals surface area contributed by atoms with Crippen LogP contribution >= 0.6 is 0 Å². The van der Waals surface area contributed by atoms with Crippen LogP contribution in [0.1, 0.15) is 48.8 Å². The summed E-state index contributed by atoms with van der Waals surface area (Å²) in [6, 6.07) is 11.7. The summed E-state index contributed by atoms with van der Waals surface area (Å²) >= 11 is 0. The summed E-state index contributed by atoms with van der Waals surface area (Å²) < 4.78 is 5.27. The van der Waals surface area contributed by atoms with E-state index in [0.717, 1.165) is 73.2 Å². The first-order chi connectivity index (χ1) is 16.0. The van der Waals surface area contributed by atoms with Crippen LogP contribution in [0.5, 0.6) is 5.75 Å². The van der Waals surface area contributed by atoms with E-state index < -0.39 is 11.8 Å². The van der Waals surface area contributed by atoms with Crippen molar-refractivity contribution in [3.63, 3.8) is 0 Å². The first-order valence-electron chi connectivity index (χ1n) is 11.7. The second-order valence-corrected chi connectivity index (χ2v) is 9.32. The SMILES string of the molecule is COc1ccc(C2(CNC(=O)C(=O)Nc3cc4c5c(c3)CC(=O)N5CCC4)CCCC2)cc1. The molecule has 5 rings (SSSR count). The first-order valence-corrected chi connectivity index (χ1v) is 11.7. The molecule has 2 N–H and O–H groups in total. The largest absolute Gasteiger partial charge is 0.497 e. The van der Waals surface area contributed by atoms with E-state index in [-0.39, 0.29) is 11.3 Å². The van der Waals surface area contributed by atoms with Crippen molar-refractivity contribution in [2.75, 3.05) is 30.4 Å². The Morgan fingerprint density at radius 3 is 2.48 bits per heavy atom. The van der Waals surface area contributed by atoms with Gasteiger partial charge in [-0.25, -0.2) is 0 Å². The molecular formula is C26H29N3O4. The lowest BCUT2D eigenvalue weighted by atomic mass is 9.78. The molecule has 1 saturated carbocycles. The van der Waals surface area contributed by atoms with Gasteiger partial charge in [-0.1, -0.05) is 25.0 Å². The fourth-order valence-corrected chi connectivity index (χ4v) is 5.63. The highest BCUT2D eigenvalue weighted by Gasteiger charge is 2.37. The second-order valence-electron chi connectivity index (χ2n) is 9.32. The molecule has 1 fully saturated rings. The van der Waals surface area contributed by atoms with Crippen LogP contribution in [0.4, 0.5) is 11.4 Å². The van der Waals surface area contributed by atoms with Gasteiger partial charge >= 0.3 is 11.8 Å². The minimum atomic E-state index is -0.679. The predicted molar refractivity (Wildman–Crippen MR) is 126 cm³/mol. The molecule has 2 aromatic rings. The standard InChI is InChI=1S/C26H29N3O4/c1-33-21-8-6-19(7-9-21)26(10-2-3-11-26)16-27-24(31)25(32)28-20-13-17-5-4-12-29-22(30)15-18(14-20)23(17)29/h6-9,13-14H,2-5,10-12,15-16H2,1H3,(H,27,31)(H,28,32). The van der Waals surface area contributed by atoms with E-state index in [4.69, 9.17) is 4.74 Å². The van der Waals surface area contributed by atoms with Gasteiger partial charge in [0.1, 0.15) is 5.75 Å². The number of nitrogens with one attached hydrogen (secondary N) is 2. The smallest absolute Gasteiger partial charge is 0.313 e. The van der Waals surface area contributed by atoms with Gasteiger partial charge in [0.05, 0.1) is 19.2 Å². The number of rotatable bonds is 5. The lowest BCUT2D eigenvalue weighted by Gasteiger charge is -2.30. The molecule has 0 unspecified atom stereocenters. The van der Waals surface area contributed by atoms with Gasteiger partial charge in [0.2, 0.25) is 5.91 Å². The van der Waals surface area contributed by atoms with E-state index in [2.05, 4.69) is 22.8 Å². The summed E-state index contributed by atoms with van der Waals surface area (Å²) in [7, 11) is 1.64. The Hall–Kier alpha value is -3.35. The molecule has 0 saturated heterocycles. The maximum absolute atomic E-state index is 12.7. The fourth-order valence-electron chi connectivity index (χ4n) is 5.63. The lowest BCUT2D eigenvalue weighted by molar-refractivity contribution is -0.136. The predicted octanol–water partition coefficient (Wildman–Crippen LogP) is 3.10. The zero-order valence-corrected chi connectivity index (χ0v) is 18.9. The number of carbonyl (C=O) groups excluding carboxylic acids is 3. The minimum absolute atomic E-state index is 0.104. The normalized spacial score (nSPS) is 18.1. The number of nitrogens with zero attached hydrogens (tertiary/aromatic N) is 1. The van der Waals surface area contributed by atoms with Crippen molar-refractivity contribution < 1.29 is 19.1 Å². The van der Waals surface area contributed by atoms with Gasteiger partial charge in [-0.2, -0.15) is 0 Å². The zero-order chi connectivity index (χ0) is 23.0. The van der Waals surface area contributed by atoms with Crippen LogP contribution in [0.15, 0.2) is 36.4 Å². The highest BCUT2D eigenvalue weighted by atomic mass is 16.5. The molecule has 2 heterocycles. The van der Waals surface area contributed by atoms with Crippen molar-refractivity contribution in [2.45, 2.75) is 50.4 Å². The van der Waals surface area contributed by atoms with Crippen LogP contribution in [0.3, 0.4) is 0 Å². The molecule has 3 amide bonds. The van der Waals surface area contributed by atoms with Gasteiger partial charge < -0.3 is 20.3 Å². The van der Waals surface area contributed by atoms with Gasteiger partial charge in [-0.15, -0.1) is 0 Å². The fraction of sp³-hybridized carbons (Fsp3) is 0.423. The molecule has 0 radical (unpaired) electrons. The number of hydrogen-bond donors (Lipinski definition) is 2. The van der Waals surface area contributed by atoms with Crippen LogP contribution in [-0.4, -0.2) is 37.9 Å². The second kappa shape index (κ2) is 8.54. The number of ether oxygens (including phenoxy) is 1. The maximum atomic E-state index is 12.7. The molecule has 172 valence electrons. The molecule has 0 atom stereocenters. The van der Waals surface area contributed by atoms with Crippen molar-refractivity contribution in [2.24, 2.45) is 0 Å². The number of carbonyl (C=O) groups is 3. The number of benzene rings is 2. The number of aryl methyl sites for hydroxylation is 1. The summed E-state index contributed by atoms with van der Waals surface area (Å²) in [5.41, 5.74) is 4.56. The van der Waals surface area contributed by atoms with E-state index in [9.17, 15) is 14.4 Å². The molecule has 33 heavy (non-hydrogen) atoms. The van der Waals surface area contributed by atoms with Crippen molar-refractivity contribution in [1.29, 1.82) is 0 Å². The topological polar surface area (TPSA) is 87.7 Å². The molecule has 7 heteroatoms. The molecule has 2 aliphatic heterocycles. The van der Waals surface area contributed by atoms with Crippen LogP contribution in [0.25, 0.3) is 0 Å². The molecule has 0 aromatic heterocycles. The molecule has 0 spiro atoms. The number of anilines is 2. The number of hydrogen-bond acceptors (Lipinski definition) is 4. The van der Waals surface area contributed by atoms with Gasteiger partial charge in [0.15, 0.2) is 0 Å². The van der Waals surface area contributed by atoms with Crippen molar-refractivity contribution in [3.8, 4) is 5.75 Å². The molecular weight excluding hydrogens is 418 g/mol. The molecule has 2 aromatic carbocycles. The number of methoxy groups -OCH3 is 1. The summed E-state index contributed by atoms with van der Waals surface area (Å²) in [5, 5.41) is 5.62. The van der Waals surface area contributed by atoms with Crippen LogP contribution in [0.2, 0.25) is 0 Å². The highest BCUT2D eigenvalue weighted by Crippen LogP contribution is 2.41. The Kier molecular flexibility index (Phi) is 5.56. The van der Waals surface area contributed by atoms with Gasteiger partial charge in [0, 0.05) is 24.2 Å². The van der Waals surface area contributed by atoms with Gasteiger partial charge in [-0.05, 0) is 66.6 Å². The third-order valence-electron chi connectivity index (χ3n) is 7.32. The Morgan fingerprint density at radius 1 is 1.03 bits per heavy atom. The minimum Gasteiger partial charge on any atom is -0.497 e. The monoisotopic (exact) mass is 447 g/mol. The van der Waals surface area contributed by atoms with Crippen LogP contribution in [0, 0.1) is 0 Å². The zero-order valence-electron chi connectivity index (χ0n) is 18.9. The summed E-state index contributed by atoms with van der Waals surface area (Å²) in [4.78, 5) is 39.4. The Labute approximate surface area is 193 Å². The molecule has 1 aliphatic carbocycles. The molecule has 0 bridgehead atoms. The Bertz CT molecular complexity index is 1100. The van der Waals surface area contributed by atoms with E-state index in [1.165, 1.54) is 0 Å². The van der Waals surface area contributed by atoms with Crippen molar-refractivity contribution >= 4 is 29.1 Å². The van der Waals surface area contributed by atoms with E-state index in [1.807, 2.05) is 29.2 Å². The van der Waals surface area contributed by atoms with E-state index in [0.29, 0.717) is 18.7 Å². The average molecular weight is 448 g/mol. The third kappa shape index (κ3) is 3.96. The molecule has 7 nitrogen and oxygen atoms in total. The van der Waals surface area contributed by atoms with Crippen LogP contribution in [-0.2, 0) is 32.6 Å². The van der Waals surface area contributed by atoms with E-state index >= 15 is 0 Å². The van der Waals surface area contributed by atoms with Crippen molar-refractivity contribution in [3.05, 3.63) is 53.1 Å². The van der Waals surface area contributed by atoms with Gasteiger partial charge in [0.25, 0.3) is 0 Å². The third-order valence-corrected chi connectivity index (χ3v) is 7.32. The summed E-state index contributed by atoms with van der Waals surface area (Å²) in [6.45, 7) is 1.17. The molecule has 3 aliphatic rings. The highest BCUT2D eigenvalue weighted by molar-refractivity contribution is 6.39. The Balaban J connectivity index is 1.26. The van der Waals surface area contributed by atoms with Gasteiger partial charge in [-0.3, -0.25) is 14.4 Å². The first kappa shape index (κ1) is 21.5. The maximum Gasteiger partial charge on any atom is 0.313 e. The lowest BCUT2D eigenvalue weighted by Crippen LogP contribution is -2.43. The summed E-state index contributed by atoms with van der Waals surface area (Å²) in [6.07, 6.45) is 6.27. The van der Waals surface area contributed by atoms with E-state index in [1.54, 1.807) is 7.11 Å². The van der Waals surface area contributed by atoms with Crippen molar-refractivity contribution in [1.82, 2.24) is 5.32 Å². The quantitative estimate of drug-likeness (QED) is 0.690. The van der Waals surface area contributed by atoms with Crippen LogP contribution < -0.4 is 20.3 Å². The Morgan fingerprint density at radius 2 is 1.76 bits per heavy atom. The average Bonchev–Trinajstić information content (AvgIpc) is 3.44. The number of amides is 3.